The van der Waals surface area contributed by atoms with Crippen LogP contribution in [0.1, 0.15) is 32.4 Å². The Balaban J connectivity index is 1.57. The molecule has 6 rings (SSSR count). The molecule has 3 atom stereocenters. The Kier molecular flexibility index (Phi) is 4.58. The van der Waals surface area contributed by atoms with Crippen molar-refractivity contribution in [1.29, 1.82) is 0 Å². The third kappa shape index (κ3) is 2.61. The van der Waals surface area contributed by atoms with Crippen LogP contribution in [0.15, 0.2) is 72.8 Å². The molecular formula is C26H15Cl2NO5. The molecule has 168 valence electrons. The third-order valence-corrected chi connectivity index (χ3v) is 7.35. The zero-order chi connectivity index (χ0) is 23.8. The fraction of sp³-hybridized carbons (Fsp3) is 0.154. The Bertz CT molecular complexity index is 1380. The van der Waals surface area contributed by atoms with E-state index in [9.17, 15) is 19.2 Å². The lowest BCUT2D eigenvalue weighted by Crippen LogP contribution is -2.51. The van der Waals surface area contributed by atoms with Gasteiger partial charge in [0.15, 0.2) is 0 Å². The van der Waals surface area contributed by atoms with Gasteiger partial charge in [-0.3, -0.25) is 19.2 Å². The second-order valence-electron chi connectivity index (χ2n) is 8.50. The Morgan fingerprint density at radius 1 is 0.765 bits per heavy atom. The molecule has 0 saturated carbocycles. The molecule has 2 saturated heterocycles. The van der Waals surface area contributed by atoms with Gasteiger partial charge in [-0.1, -0.05) is 77.8 Å². The first kappa shape index (κ1) is 21.2. The fourth-order valence-electron chi connectivity index (χ4n) is 5.36. The summed E-state index contributed by atoms with van der Waals surface area (Å²) in [6.45, 7) is 0. The van der Waals surface area contributed by atoms with E-state index in [0.717, 1.165) is 4.90 Å². The van der Waals surface area contributed by atoms with Crippen molar-refractivity contribution < 1.29 is 23.9 Å². The zero-order valence-electron chi connectivity index (χ0n) is 17.4. The van der Waals surface area contributed by atoms with Crippen molar-refractivity contribution in [3.05, 3.63) is 99.5 Å². The largest absolute Gasteiger partial charge is 0.349 e. The molecule has 0 aromatic heterocycles. The number of hydrogen-bond acceptors (Lipinski definition) is 5. The van der Waals surface area contributed by atoms with E-state index in [0.29, 0.717) is 5.56 Å². The van der Waals surface area contributed by atoms with Crippen LogP contribution in [0.4, 0.5) is 5.69 Å². The molecule has 34 heavy (non-hydrogen) atoms. The van der Waals surface area contributed by atoms with E-state index >= 15 is 0 Å². The summed E-state index contributed by atoms with van der Waals surface area (Å²) in [4.78, 5) is 56.0. The molecule has 3 aromatic rings. The number of imide groups is 1. The van der Waals surface area contributed by atoms with Gasteiger partial charge in [0.25, 0.3) is 0 Å². The molecule has 0 radical (unpaired) electrons. The minimum absolute atomic E-state index is 0.107. The van der Waals surface area contributed by atoms with Crippen LogP contribution in [0.3, 0.4) is 0 Å². The first-order chi connectivity index (χ1) is 16.4. The van der Waals surface area contributed by atoms with Crippen molar-refractivity contribution in [2.75, 3.05) is 4.90 Å². The van der Waals surface area contributed by atoms with Gasteiger partial charge in [-0.2, -0.15) is 0 Å². The number of carbonyl (C=O) groups excluding carboxylic acids is 4. The summed E-state index contributed by atoms with van der Waals surface area (Å²) in [6, 6.07) is 19.6. The molecule has 3 aromatic carbocycles. The molecule has 0 unspecified atom stereocenters. The summed E-state index contributed by atoms with van der Waals surface area (Å²) in [7, 11) is 0. The van der Waals surface area contributed by atoms with Crippen molar-refractivity contribution in [3.8, 4) is 0 Å². The molecule has 6 nitrogen and oxygen atoms in total. The number of anilines is 1. The number of ether oxygens (including phenoxy) is 1. The number of fused-ring (bicyclic) bond motifs is 3. The Morgan fingerprint density at radius 3 is 2.03 bits per heavy atom. The Labute approximate surface area is 204 Å². The second kappa shape index (κ2) is 7.34. The van der Waals surface area contributed by atoms with E-state index in [1.54, 1.807) is 42.5 Å². The number of nitrogens with zero attached hydrogens (tertiary/aromatic N) is 1. The maximum absolute atomic E-state index is 13.9. The van der Waals surface area contributed by atoms with E-state index in [2.05, 4.69) is 0 Å². The van der Waals surface area contributed by atoms with Crippen LogP contribution in [0, 0.1) is 11.8 Å². The van der Waals surface area contributed by atoms with Gasteiger partial charge in [0.05, 0.1) is 28.6 Å². The number of halogens is 2. The van der Waals surface area contributed by atoms with E-state index in [1.807, 2.05) is 0 Å². The summed E-state index contributed by atoms with van der Waals surface area (Å²) < 4.78 is 6.22. The lowest BCUT2D eigenvalue weighted by molar-refractivity contribution is -0.127. The standard InChI is InChI=1S/C26H15Cl2NO5/c27-14-10-11-17(28)18(12-14)29-24(32)19-20(25(29)33)26(34-21(19)13-6-2-1-3-7-13)22(30)15-8-4-5-9-16(15)23(26)31/h1-12,19-21H/t19-,20-,21+/m1/s1. The molecule has 3 aliphatic rings. The van der Waals surface area contributed by atoms with Gasteiger partial charge in [0.1, 0.15) is 0 Å². The molecule has 2 heterocycles. The molecule has 0 bridgehead atoms. The molecule has 2 amide bonds. The molecule has 1 spiro atoms. The number of carbonyl (C=O) groups is 4. The summed E-state index contributed by atoms with van der Waals surface area (Å²) in [6.07, 6.45) is -0.979. The number of hydrogen-bond donors (Lipinski definition) is 0. The average Bonchev–Trinajstić information content (AvgIpc) is 3.41. The van der Waals surface area contributed by atoms with Gasteiger partial charge < -0.3 is 4.74 Å². The second-order valence-corrected chi connectivity index (χ2v) is 9.34. The van der Waals surface area contributed by atoms with Crippen LogP contribution < -0.4 is 4.90 Å². The summed E-state index contributed by atoms with van der Waals surface area (Å²) >= 11 is 12.5. The van der Waals surface area contributed by atoms with Crippen molar-refractivity contribution in [2.24, 2.45) is 11.8 Å². The summed E-state index contributed by atoms with van der Waals surface area (Å²) in [5.41, 5.74) is -1.07. The highest BCUT2D eigenvalue weighted by Crippen LogP contribution is 2.58. The number of amides is 2. The van der Waals surface area contributed by atoms with Crippen LogP contribution in [0.2, 0.25) is 10.0 Å². The van der Waals surface area contributed by atoms with E-state index < -0.39 is 46.9 Å². The Morgan fingerprint density at radius 2 is 1.38 bits per heavy atom. The predicted molar refractivity (Wildman–Crippen MR) is 124 cm³/mol. The lowest BCUT2D eigenvalue weighted by atomic mass is 9.77. The minimum atomic E-state index is -2.12. The molecule has 1 aliphatic carbocycles. The first-order valence-electron chi connectivity index (χ1n) is 10.6. The fourth-order valence-corrected chi connectivity index (χ4v) is 5.72. The molecule has 2 fully saturated rings. The van der Waals surface area contributed by atoms with Gasteiger partial charge in [-0.25, -0.2) is 4.90 Å². The lowest BCUT2D eigenvalue weighted by Gasteiger charge is -2.27. The Hall–Kier alpha value is -3.32. The third-order valence-electron chi connectivity index (χ3n) is 6.80. The molecule has 2 aliphatic heterocycles. The monoisotopic (exact) mass is 491 g/mol. The number of Topliss-reactive ketones (excluding diaryl/α,β-unsaturated/α-hetero) is 2. The summed E-state index contributed by atoms with van der Waals surface area (Å²) in [5, 5.41) is 0.424. The van der Waals surface area contributed by atoms with Crippen molar-refractivity contribution in [2.45, 2.75) is 11.7 Å². The van der Waals surface area contributed by atoms with Crippen LogP contribution in [-0.4, -0.2) is 29.0 Å². The van der Waals surface area contributed by atoms with Gasteiger partial charge in [-0.15, -0.1) is 0 Å². The topological polar surface area (TPSA) is 80.8 Å². The number of rotatable bonds is 2. The van der Waals surface area contributed by atoms with Crippen LogP contribution in [0.5, 0.6) is 0 Å². The van der Waals surface area contributed by atoms with E-state index in [-0.39, 0.29) is 26.9 Å². The first-order valence-corrected chi connectivity index (χ1v) is 11.4. The molecule has 8 heteroatoms. The van der Waals surface area contributed by atoms with E-state index in [4.69, 9.17) is 27.9 Å². The minimum Gasteiger partial charge on any atom is -0.349 e. The molecular weight excluding hydrogens is 477 g/mol. The highest BCUT2D eigenvalue weighted by Gasteiger charge is 2.74. The van der Waals surface area contributed by atoms with Crippen LogP contribution >= 0.6 is 23.2 Å². The van der Waals surface area contributed by atoms with Crippen molar-refractivity contribution in [1.82, 2.24) is 0 Å². The van der Waals surface area contributed by atoms with Gasteiger partial charge in [0.2, 0.25) is 29.0 Å². The molecule has 0 N–H and O–H groups in total. The smallest absolute Gasteiger partial charge is 0.241 e. The average molecular weight is 492 g/mol. The highest BCUT2D eigenvalue weighted by molar-refractivity contribution is 6.40. The van der Waals surface area contributed by atoms with Gasteiger partial charge >= 0.3 is 0 Å². The van der Waals surface area contributed by atoms with Gasteiger partial charge in [-0.05, 0) is 23.8 Å². The van der Waals surface area contributed by atoms with E-state index in [1.165, 1.54) is 30.3 Å². The normalized spacial score (nSPS) is 24.8. The number of ketones is 2. The quantitative estimate of drug-likeness (QED) is 0.383. The van der Waals surface area contributed by atoms with Crippen molar-refractivity contribution in [3.63, 3.8) is 0 Å². The van der Waals surface area contributed by atoms with Crippen molar-refractivity contribution >= 4 is 52.3 Å². The van der Waals surface area contributed by atoms with Crippen LogP contribution in [-0.2, 0) is 14.3 Å². The predicted octanol–water partition coefficient (Wildman–Crippen LogP) is 4.69. The van der Waals surface area contributed by atoms with Gasteiger partial charge in [0, 0.05) is 16.1 Å². The SMILES string of the molecule is O=C1[C@H]2[C@H](c3ccccc3)OC3(C(=O)c4ccccc4C3=O)[C@H]2C(=O)N1c1cc(Cl)ccc1Cl. The highest BCUT2D eigenvalue weighted by atomic mass is 35.5. The maximum Gasteiger partial charge on any atom is 0.241 e. The zero-order valence-corrected chi connectivity index (χ0v) is 18.9. The van der Waals surface area contributed by atoms with Crippen LogP contribution in [0.25, 0.3) is 0 Å². The summed E-state index contributed by atoms with van der Waals surface area (Å²) in [5.74, 6) is -4.96. The maximum atomic E-state index is 13.9. The number of benzene rings is 3.